The van der Waals surface area contributed by atoms with E-state index in [2.05, 4.69) is 15.6 Å². The molecule has 0 fully saturated rings. The van der Waals surface area contributed by atoms with E-state index in [1.807, 2.05) is 6.92 Å². The summed E-state index contributed by atoms with van der Waals surface area (Å²) in [5, 5.41) is 5.42. The summed E-state index contributed by atoms with van der Waals surface area (Å²) in [4.78, 5) is 3.86. The van der Waals surface area contributed by atoms with Crippen molar-refractivity contribution in [2.24, 2.45) is 4.99 Å². The van der Waals surface area contributed by atoms with Gasteiger partial charge in [-0.1, -0.05) is 0 Å². The summed E-state index contributed by atoms with van der Waals surface area (Å²) >= 11 is 0. The van der Waals surface area contributed by atoms with E-state index in [4.69, 9.17) is 9.47 Å². The molecule has 5 nitrogen and oxygen atoms in total. The Hall–Kier alpha value is -1.32. The van der Waals surface area contributed by atoms with Gasteiger partial charge in [-0.2, -0.15) is 0 Å². The number of aliphatic imine (C=N–C) groups is 1. The molecule has 2 N–H and O–H groups in total. The van der Waals surface area contributed by atoms with Gasteiger partial charge < -0.3 is 20.1 Å². The average Bonchev–Trinajstić information content (AvgIpc) is 2.44. The lowest BCUT2D eigenvalue weighted by atomic mass is 10.2. The molecule has 0 saturated heterocycles. The highest BCUT2D eigenvalue weighted by molar-refractivity contribution is 14.0. The molecule has 0 bridgehead atoms. The van der Waals surface area contributed by atoms with Crippen molar-refractivity contribution in [2.75, 3.05) is 32.6 Å². The van der Waals surface area contributed by atoms with Crippen LogP contribution in [0.5, 0.6) is 11.5 Å². The van der Waals surface area contributed by atoms with Gasteiger partial charge in [0.25, 0.3) is 6.43 Å². The molecule has 0 heterocycles. The number of nitrogens with zero attached hydrogens (tertiary/aromatic N) is 1. The van der Waals surface area contributed by atoms with Crippen LogP contribution in [0.2, 0.25) is 0 Å². The monoisotopic (exact) mass is 415 g/mol. The van der Waals surface area contributed by atoms with Crippen molar-refractivity contribution < 1.29 is 18.3 Å². The van der Waals surface area contributed by atoms with E-state index in [0.29, 0.717) is 23.8 Å². The van der Waals surface area contributed by atoms with Gasteiger partial charge >= 0.3 is 0 Å². The van der Waals surface area contributed by atoms with Gasteiger partial charge in [0, 0.05) is 18.8 Å². The molecule has 0 amide bonds. The highest BCUT2D eigenvalue weighted by Crippen LogP contribution is 2.30. The lowest BCUT2D eigenvalue weighted by Crippen LogP contribution is -2.34. The van der Waals surface area contributed by atoms with Crippen LogP contribution in [0.1, 0.15) is 6.92 Å². The van der Waals surface area contributed by atoms with Crippen LogP contribution in [-0.4, -0.2) is 39.7 Å². The Balaban J connectivity index is 0.00000400. The van der Waals surface area contributed by atoms with Crippen molar-refractivity contribution in [2.45, 2.75) is 13.3 Å². The molecule has 0 aromatic heterocycles. The number of guanidine groups is 1. The van der Waals surface area contributed by atoms with Crippen LogP contribution in [0.15, 0.2) is 23.2 Å². The van der Waals surface area contributed by atoms with Gasteiger partial charge in [-0.25, -0.2) is 8.78 Å². The maximum Gasteiger partial charge on any atom is 0.255 e. The van der Waals surface area contributed by atoms with Crippen LogP contribution < -0.4 is 20.1 Å². The molecule has 8 heteroatoms. The van der Waals surface area contributed by atoms with E-state index in [1.54, 1.807) is 25.3 Å². The summed E-state index contributed by atoms with van der Waals surface area (Å²) in [6.45, 7) is 1.90. The zero-order chi connectivity index (χ0) is 15.0. The molecule has 0 radical (unpaired) electrons. The molecule has 0 unspecified atom stereocenters. The summed E-state index contributed by atoms with van der Waals surface area (Å²) in [5.41, 5.74) is 0.664. The lowest BCUT2D eigenvalue weighted by Gasteiger charge is -2.14. The number of rotatable bonds is 6. The first-order valence-corrected chi connectivity index (χ1v) is 6.17. The normalized spacial score (nSPS) is 10.9. The molecule has 0 aliphatic carbocycles. The minimum absolute atomic E-state index is 0. The van der Waals surface area contributed by atoms with Crippen LogP contribution in [0.4, 0.5) is 14.5 Å². The summed E-state index contributed by atoms with van der Waals surface area (Å²) in [7, 11) is 3.06. The molecule has 120 valence electrons. The molecule has 1 aromatic rings. The van der Waals surface area contributed by atoms with Gasteiger partial charge in [-0.15, -0.1) is 24.0 Å². The van der Waals surface area contributed by atoms with Gasteiger partial charge in [0.2, 0.25) is 0 Å². The van der Waals surface area contributed by atoms with Crippen molar-refractivity contribution >= 4 is 35.6 Å². The fraction of sp³-hybridized carbons (Fsp3) is 0.462. The SMILES string of the molecule is CCOc1cc(NC(=NC)NCC(F)F)ccc1OC.I. The van der Waals surface area contributed by atoms with Crippen molar-refractivity contribution in [1.29, 1.82) is 0 Å². The zero-order valence-electron chi connectivity index (χ0n) is 12.2. The molecular weight excluding hydrogens is 395 g/mol. The molecule has 0 atom stereocenters. The number of methoxy groups -OCH3 is 1. The Labute approximate surface area is 140 Å². The zero-order valence-corrected chi connectivity index (χ0v) is 14.5. The first-order valence-electron chi connectivity index (χ1n) is 6.17. The van der Waals surface area contributed by atoms with Crippen molar-refractivity contribution in [3.05, 3.63) is 18.2 Å². The predicted molar refractivity (Wildman–Crippen MR) is 90.6 cm³/mol. The average molecular weight is 415 g/mol. The highest BCUT2D eigenvalue weighted by atomic mass is 127. The van der Waals surface area contributed by atoms with Gasteiger partial charge in [-0.3, -0.25) is 4.99 Å². The van der Waals surface area contributed by atoms with E-state index in [1.165, 1.54) is 7.05 Å². The van der Waals surface area contributed by atoms with Gasteiger partial charge in [-0.05, 0) is 19.1 Å². The third-order valence-corrected chi connectivity index (χ3v) is 2.37. The second-order valence-electron chi connectivity index (χ2n) is 3.77. The third kappa shape index (κ3) is 6.78. The van der Waals surface area contributed by atoms with Crippen molar-refractivity contribution in [3.8, 4) is 11.5 Å². The molecule has 21 heavy (non-hydrogen) atoms. The number of benzene rings is 1. The van der Waals surface area contributed by atoms with E-state index in [0.717, 1.165) is 0 Å². The Morgan fingerprint density at radius 1 is 1.33 bits per heavy atom. The summed E-state index contributed by atoms with van der Waals surface area (Å²) < 4.78 is 34.9. The van der Waals surface area contributed by atoms with Crippen LogP contribution in [0, 0.1) is 0 Å². The second kappa shape index (κ2) is 10.4. The van der Waals surface area contributed by atoms with E-state index >= 15 is 0 Å². The van der Waals surface area contributed by atoms with E-state index in [9.17, 15) is 8.78 Å². The smallest absolute Gasteiger partial charge is 0.255 e. The van der Waals surface area contributed by atoms with Crippen molar-refractivity contribution in [3.63, 3.8) is 0 Å². The van der Waals surface area contributed by atoms with Gasteiger partial charge in [0.05, 0.1) is 20.3 Å². The fourth-order valence-electron chi connectivity index (χ4n) is 1.51. The number of alkyl halides is 2. The minimum atomic E-state index is -2.44. The number of anilines is 1. The summed E-state index contributed by atoms with van der Waals surface area (Å²) in [5.74, 6) is 1.44. The Bertz CT molecular complexity index is 459. The van der Waals surface area contributed by atoms with E-state index < -0.39 is 13.0 Å². The van der Waals surface area contributed by atoms with Gasteiger partial charge in [0.15, 0.2) is 17.5 Å². The molecular formula is C13H20F2IN3O2. The molecule has 0 aliphatic heterocycles. The van der Waals surface area contributed by atoms with Gasteiger partial charge in [0.1, 0.15) is 0 Å². The maximum atomic E-state index is 12.2. The second-order valence-corrected chi connectivity index (χ2v) is 3.77. The topological polar surface area (TPSA) is 54.9 Å². The Kier molecular flexibility index (Phi) is 9.76. The highest BCUT2D eigenvalue weighted by Gasteiger charge is 2.08. The molecule has 1 rings (SSSR count). The maximum absolute atomic E-state index is 12.2. The number of hydrogen-bond acceptors (Lipinski definition) is 3. The Morgan fingerprint density at radius 3 is 2.57 bits per heavy atom. The molecule has 0 spiro atoms. The number of halogens is 3. The minimum Gasteiger partial charge on any atom is -0.493 e. The number of ether oxygens (including phenoxy) is 2. The largest absolute Gasteiger partial charge is 0.493 e. The molecule has 0 aliphatic rings. The van der Waals surface area contributed by atoms with Crippen LogP contribution >= 0.6 is 24.0 Å². The first kappa shape index (κ1) is 19.7. The van der Waals surface area contributed by atoms with E-state index in [-0.39, 0.29) is 29.9 Å². The standard InChI is InChI=1S/C13H19F2N3O2.HI/c1-4-20-11-7-9(5-6-10(11)19-3)18-13(16-2)17-8-12(14)15;/h5-7,12H,4,8H2,1-3H3,(H2,16,17,18);1H. The molecule has 0 saturated carbocycles. The van der Waals surface area contributed by atoms with Crippen LogP contribution in [-0.2, 0) is 0 Å². The number of hydrogen-bond donors (Lipinski definition) is 2. The third-order valence-electron chi connectivity index (χ3n) is 2.37. The molecule has 1 aromatic carbocycles. The van der Waals surface area contributed by atoms with Crippen LogP contribution in [0.25, 0.3) is 0 Å². The Morgan fingerprint density at radius 2 is 2.05 bits per heavy atom. The summed E-state index contributed by atoms with van der Waals surface area (Å²) in [6, 6.07) is 5.20. The quantitative estimate of drug-likeness (QED) is 0.426. The first-order chi connectivity index (χ1) is 9.60. The fourth-order valence-corrected chi connectivity index (χ4v) is 1.51. The summed E-state index contributed by atoms with van der Waals surface area (Å²) in [6.07, 6.45) is -2.44. The lowest BCUT2D eigenvalue weighted by molar-refractivity contribution is 0.152. The van der Waals surface area contributed by atoms with Crippen molar-refractivity contribution in [1.82, 2.24) is 5.32 Å². The number of nitrogens with one attached hydrogen (secondary N) is 2. The predicted octanol–water partition coefficient (Wildman–Crippen LogP) is 2.96. The van der Waals surface area contributed by atoms with Crippen LogP contribution in [0.3, 0.4) is 0 Å².